The van der Waals surface area contributed by atoms with Gasteiger partial charge in [0, 0.05) is 6.16 Å². The monoisotopic (exact) mass is 320 g/mol. The molecule has 0 bridgehead atoms. The largest absolute Gasteiger partial charge is 0.496 e. The van der Waals surface area contributed by atoms with Gasteiger partial charge in [-0.05, 0) is 42.6 Å². The number of hydrogen-bond acceptors (Lipinski definition) is 1. The van der Waals surface area contributed by atoms with Crippen molar-refractivity contribution in [2.45, 2.75) is 13.1 Å². The van der Waals surface area contributed by atoms with Gasteiger partial charge in [-0.2, -0.15) is 0 Å². The molecule has 0 saturated carbocycles. The van der Waals surface area contributed by atoms with E-state index in [-0.39, 0.29) is 0 Å². The maximum atomic E-state index is 5.56. The van der Waals surface area contributed by atoms with E-state index in [1.165, 1.54) is 21.7 Å². The van der Waals surface area contributed by atoms with E-state index >= 15 is 0 Å². The highest BCUT2D eigenvalue weighted by Gasteiger charge is 2.17. The Bertz CT molecular complexity index is 768. The van der Waals surface area contributed by atoms with Crippen LogP contribution in [-0.2, 0) is 6.16 Å². The number of methoxy groups -OCH3 is 1. The van der Waals surface area contributed by atoms with Gasteiger partial charge < -0.3 is 4.74 Å². The zero-order valence-electron chi connectivity index (χ0n) is 13.6. The molecule has 3 aromatic carbocycles. The van der Waals surface area contributed by atoms with Crippen molar-refractivity contribution < 1.29 is 4.74 Å². The normalized spacial score (nSPS) is 11.9. The molecule has 23 heavy (non-hydrogen) atoms. The molecule has 0 saturated heterocycles. The lowest BCUT2D eigenvalue weighted by molar-refractivity contribution is 0.411. The highest BCUT2D eigenvalue weighted by molar-refractivity contribution is 7.72. The van der Waals surface area contributed by atoms with Gasteiger partial charge in [0.1, 0.15) is 5.75 Å². The van der Waals surface area contributed by atoms with E-state index in [1.807, 2.05) is 12.1 Å². The quantitative estimate of drug-likeness (QED) is 0.623. The van der Waals surface area contributed by atoms with Gasteiger partial charge in [0.15, 0.2) is 0 Å². The van der Waals surface area contributed by atoms with Crippen LogP contribution in [0.25, 0.3) is 0 Å². The standard InChI is InChI=1S/C21H21OP/c1-17-10-6-9-15-21(17)23(19-12-4-3-5-13-19)16-18-11-7-8-14-20(18)22-2/h3-15H,16H2,1-2H3. The molecule has 0 radical (unpaired) electrons. The first kappa shape index (κ1) is 15.8. The highest BCUT2D eigenvalue weighted by atomic mass is 31.1. The topological polar surface area (TPSA) is 9.23 Å². The summed E-state index contributed by atoms with van der Waals surface area (Å²) in [6.45, 7) is 2.20. The molecule has 0 aliphatic heterocycles. The summed E-state index contributed by atoms with van der Waals surface area (Å²) in [7, 11) is 1.30. The number of rotatable bonds is 5. The lowest BCUT2D eigenvalue weighted by atomic mass is 10.2. The summed E-state index contributed by atoms with van der Waals surface area (Å²) in [5, 5.41) is 2.85. The van der Waals surface area contributed by atoms with E-state index in [0.29, 0.717) is 0 Å². The molecule has 0 fully saturated rings. The molecule has 1 unspecified atom stereocenters. The summed E-state index contributed by atoms with van der Waals surface area (Å²) in [5.74, 6) is 0.976. The number of ether oxygens (including phenoxy) is 1. The van der Waals surface area contributed by atoms with Crippen molar-refractivity contribution in [3.63, 3.8) is 0 Å². The van der Waals surface area contributed by atoms with Crippen LogP contribution in [0, 0.1) is 6.92 Å². The SMILES string of the molecule is COc1ccccc1CP(c1ccccc1)c1ccccc1C. The summed E-state index contributed by atoms with van der Waals surface area (Å²) in [6, 6.07) is 27.9. The second kappa shape index (κ2) is 7.44. The van der Waals surface area contributed by atoms with Crippen LogP contribution in [0.2, 0.25) is 0 Å². The van der Waals surface area contributed by atoms with Crippen molar-refractivity contribution in [3.05, 3.63) is 90.0 Å². The number of para-hydroxylation sites is 1. The van der Waals surface area contributed by atoms with Crippen LogP contribution in [0.15, 0.2) is 78.9 Å². The smallest absolute Gasteiger partial charge is 0.122 e. The Kier molecular flexibility index (Phi) is 5.10. The predicted molar refractivity (Wildman–Crippen MR) is 101 cm³/mol. The molecule has 0 aromatic heterocycles. The fraction of sp³-hybridized carbons (Fsp3) is 0.143. The Labute approximate surface area is 139 Å². The maximum Gasteiger partial charge on any atom is 0.122 e. The lowest BCUT2D eigenvalue weighted by Crippen LogP contribution is -2.15. The van der Waals surface area contributed by atoms with Crippen molar-refractivity contribution >= 4 is 18.5 Å². The fourth-order valence-electron chi connectivity index (χ4n) is 2.79. The van der Waals surface area contributed by atoms with Gasteiger partial charge >= 0.3 is 0 Å². The molecule has 0 N–H and O–H groups in total. The van der Waals surface area contributed by atoms with Crippen LogP contribution in [-0.4, -0.2) is 7.11 Å². The zero-order chi connectivity index (χ0) is 16.1. The van der Waals surface area contributed by atoms with E-state index in [1.54, 1.807) is 7.11 Å². The molecule has 0 spiro atoms. The van der Waals surface area contributed by atoms with Gasteiger partial charge in [0.05, 0.1) is 7.11 Å². The van der Waals surface area contributed by atoms with Crippen molar-refractivity contribution in [1.29, 1.82) is 0 Å². The third-order valence-electron chi connectivity index (χ3n) is 4.00. The van der Waals surface area contributed by atoms with Crippen LogP contribution in [0.5, 0.6) is 5.75 Å². The first-order valence-electron chi connectivity index (χ1n) is 7.79. The van der Waals surface area contributed by atoms with Crippen LogP contribution in [0.3, 0.4) is 0 Å². The minimum absolute atomic E-state index is 0.450. The molecule has 3 aromatic rings. The van der Waals surface area contributed by atoms with Crippen molar-refractivity contribution in [1.82, 2.24) is 0 Å². The summed E-state index contributed by atoms with van der Waals surface area (Å²) in [4.78, 5) is 0. The van der Waals surface area contributed by atoms with Crippen LogP contribution in [0.4, 0.5) is 0 Å². The van der Waals surface area contributed by atoms with E-state index in [9.17, 15) is 0 Å². The predicted octanol–water partition coefficient (Wildman–Crippen LogP) is 4.64. The summed E-state index contributed by atoms with van der Waals surface area (Å²) < 4.78 is 5.56. The fourth-order valence-corrected chi connectivity index (χ4v) is 5.33. The van der Waals surface area contributed by atoms with E-state index in [2.05, 4.69) is 73.7 Å². The zero-order valence-corrected chi connectivity index (χ0v) is 14.5. The summed E-state index contributed by atoms with van der Waals surface area (Å²) >= 11 is 0. The Morgan fingerprint density at radius 2 is 1.43 bits per heavy atom. The molecule has 116 valence electrons. The van der Waals surface area contributed by atoms with Crippen molar-refractivity contribution in [3.8, 4) is 5.75 Å². The molecular formula is C21H21OP. The Balaban J connectivity index is 2.04. The lowest BCUT2D eigenvalue weighted by Gasteiger charge is -2.22. The first-order valence-corrected chi connectivity index (χ1v) is 9.32. The van der Waals surface area contributed by atoms with Crippen molar-refractivity contribution in [2.24, 2.45) is 0 Å². The van der Waals surface area contributed by atoms with E-state index < -0.39 is 7.92 Å². The minimum atomic E-state index is -0.450. The second-order valence-electron chi connectivity index (χ2n) is 5.52. The summed E-state index contributed by atoms with van der Waals surface area (Å²) in [5.41, 5.74) is 2.63. The van der Waals surface area contributed by atoms with Gasteiger partial charge in [0.25, 0.3) is 0 Å². The summed E-state index contributed by atoms with van der Waals surface area (Å²) in [6.07, 6.45) is 0.994. The average molecular weight is 320 g/mol. The third-order valence-corrected chi connectivity index (χ3v) is 6.66. The van der Waals surface area contributed by atoms with Crippen LogP contribution >= 0.6 is 7.92 Å². The molecule has 0 amide bonds. The van der Waals surface area contributed by atoms with Gasteiger partial charge in [-0.1, -0.05) is 72.8 Å². The molecular weight excluding hydrogens is 299 g/mol. The molecule has 1 atom stereocenters. The van der Waals surface area contributed by atoms with Gasteiger partial charge in [-0.25, -0.2) is 0 Å². The maximum absolute atomic E-state index is 5.56. The molecule has 0 heterocycles. The van der Waals surface area contributed by atoms with Gasteiger partial charge in [-0.15, -0.1) is 0 Å². The minimum Gasteiger partial charge on any atom is -0.496 e. The number of benzene rings is 3. The molecule has 0 aliphatic carbocycles. The van der Waals surface area contributed by atoms with E-state index in [4.69, 9.17) is 4.74 Å². The Morgan fingerprint density at radius 1 is 0.783 bits per heavy atom. The molecule has 2 heteroatoms. The molecule has 3 rings (SSSR count). The van der Waals surface area contributed by atoms with Crippen molar-refractivity contribution in [2.75, 3.05) is 7.11 Å². The van der Waals surface area contributed by atoms with Gasteiger partial charge in [0.2, 0.25) is 0 Å². The average Bonchev–Trinajstić information content (AvgIpc) is 2.61. The second-order valence-corrected chi connectivity index (χ2v) is 7.69. The number of hydrogen-bond donors (Lipinski definition) is 0. The third kappa shape index (κ3) is 3.63. The first-order chi connectivity index (χ1) is 11.3. The molecule has 0 aliphatic rings. The Morgan fingerprint density at radius 3 is 2.17 bits per heavy atom. The van der Waals surface area contributed by atoms with E-state index in [0.717, 1.165) is 11.9 Å². The highest BCUT2D eigenvalue weighted by Crippen LogP contribution is 2.40. The molecule has 1 nitrogen and oxygen atoms in total. The van der Waals surface area contributed by atoms with Crippen LogP contribution < -0.4 is 15.3 Å². The van der Waals surface area contributed by atoms with Crippen LogP contribution in [0.1, 0.15) is 11.1 Å². The Hall–Kier alpha value is -2.11. The van der Waals surface area contributed by atoms with Gasteiger partial charge in [-0.3, -0.25) is 0 Å². The number of aryl methyl sites for hydroxylation is 1.